The number of ether oxygens (including phenoxy) is 1. The van der Waals surface area contributed by atoms with E-state index < -0.39 is 21.9 Å². The van der Waals surface area contributed by atoms with Crippen molar-refractivity contribution in [2.24, 2.45) is 0 Å². The van der Waals surface area contributed by atoms with E-state index in [0.29, 0.717) is 18.5 Å². The van der Waals surface area contributed by atoms with Gasteiger partial charge in [-0.05, 0) is 49.4 Å². The predicted molar refractivity (Wildman–Crippen MR) is 102 cm³/mol. The molecular formula is C18H19ClN2O5S. The minimum absolute atomic E-state index is 0.0436. The summed E-state index contributed by atoms with van der Waals surface area (Å²) in [5, 5.41) is 2.86. The van der Waals surface area contributed by atoms with Gasteiger partial charge in [0.25, 0.3) is 5.91 Å². The molecule has 0 heterocycles. The number of benzene rings is 2. The molecule has 1 amide bonds. The molecule has 27 heavy (non-hydrogen) atoms. The van der Waals surface area contributed by atoms with Crippen LogP contribution in [0.3, 0.4) is 0 Å². The molecule has 0 aliphatic heterocycles. The Morgan fingerprint density at radius 3 is 2.37 bits per heavy atom. The number of hydrogen-bond donors (Lipinski definition) is 2. The molecule has 2 aromatic rings. The number of carbonyl (C=O) groups is 2. The van der Waals surface area contributed by atoms with Crippen LogP contribution in [-0.4, -0.2) is 41.0 Å². The van der Waals surface area contributed by atoms with Crippen LogP contribution >= 0.6 is 11.6 Å². The van der Waals surface area contributed by atoms with Crippen LogP contribution < -0.4 is 10.0 Å². The number of carbonyl (C=O) groups excluding carboxylic acids is 2. The van der Waals surface area contributed by atoms with Crippen molar-refractivity contribution in [3.8, 4) is 0 Å². The second-order valence-corrected chi connectivity index (χ2v) is 7.84. The van der Waals surface area contributed by atoms with E-state index in [0.717, 1.165) is 5.56 Å². The van der Waals surface area contributed by atoms with Crippen LogP contribution in [0.5, 0.6) is 0 Å². The van der Waals surface area contributed by atoms with Gasteiger partial charge in [-0.1, -0.05) is 23.7 Å². The highest BCUT2D eigenvalue weighted by Crippen LogP contribution is 2.20. The maximum absolute atomic E-state index is 12.3. The van der Waals surface area contributed by atoms with Crippen molar-refractivity contribution >= 4 is 33.5 Å². The summed E-state index contributed by atoms with van der Waals surface area (Å²) >= 11 is 6.02. The fraction of sp³-hybridized carbons (Fsp3) is 0.222. The zero-order chi connectivity index (χ0) is 20.0. The summed E-state index contributed by atoms with van der Waals surface area (Å²) in [5.74, 6) is -0.889. The summed E-state index contributed by atoms with van der Waals surface area (Å²) in [4.78, 5) is 23.7. The summed E-state index contributed by atoms with van der Waals surface area (Å²) in [6.45, 7) is 0.315. The van der Waals surface area contributed by atoms with Crippen LogP contribution in [0.2, 0.25) is 5.02 Å². The third-order valence-corrected chi connectivity index (χ3v) is 5.58. The molecule has 144 valence electrons. The van der Waals surface area contributed by atoms with E-state index in [1.165, 1.54) is 32.4 Å². The van der Waals surface area contributed by atoms with Crippen LogP contribution in [-0.2, 0) is 21.2 Å². The maximum atomic E-state index is 12.3. The van der Waals surface area contributed by atoms with E-state index >= 15 is 0 Å². The molecule has 7 nitrogen and oxygen atoms in total. The van der Waals surface area contributed by atoms with Gasteiger partial charge in [-0.3, -0.25) is 4.79 Å². The zero-order valence-corrected chi connectivity index (χ0v) is 16.4. The van der Waals surface area contributed by atoms with Crippen molar-refractivity contribution in [3.05, 3.63) is 64.2 Å². The van der Waals surface area contributed by atoms with Gasteiger partial charge in [0.15, 0.2) is 0 Å². The van der Waals surface area contributed by atoms with Crippen molar-refractivity contribution in [1.29, 1.82) is 0 Å². The van der Waals surface area contributed by atoms with Crippen LogP contribution in [0.1, 0.15) is 26.3 Å². The topological polar surface area (TPSA) is 102 Å². The first-order valence-corrected chi connectivity index (χ1v) is 9.83. The molecule has 0 saturated heterocycles. The molecule has 0 atom stereocenters. The normalized spacial score (nSPS) is 11.1. The summed E-state index contributed by atoms with van der Waals surface area (Å²) < 4.78 is 30.6. The van der Waals surface area contributed by atoms with E-state index in [1.807, 2.05) is 0 Å². The largest absolute Gasteiger partial charge is 0.465 e. The lowest BCUT2D eigenvalue weighted by molar-refractivity contribution is 0.0600. The number of sulfonamides is 1. The molecule has 0 bridgehead atoms. The zero-order valence-electron chi connectivity index (χ0n) is 14.8. The predicted octanol–water partition coefficient (Wildman–Crippen LogP) is 2.01. The average Bonchev–Trinajstić information content (AvgIpc) is 2.68. The molecule has 0 radical (unpaired) electrons. The molecule has 2 aromatic carbocycles. The number of rotatable bonds is 7. The lowest BCUT2D eigenvalue weighted by Crippen LogP contribution is -2.26. The molecule has 2 N–H and O–H groups in total. The van der Waals surface area contributed by atoms with Crippen molar-refractivity contribution < 1.29 is 22.7 Å². The van der Waals surface area contributed by atoms with Gasteiger partial charge in [0.05, 0.1) is 28.2 Å². The Bertz CT molecular complexity index is 943. The summed E-state index contributed by atoms with van der Waals surface area (Å²) in [7, 11) is -1.07. The number of amides is 1. The summed E-state index contributed by atoms with van der Waals surface area (Å²) in [5.41, 5.74) is 1.44. The van der Waals surface area contributed by atoms with Gasteiger partial charge in [0, 0.05) is 6.54 Å². The van der Waals surface area contributed by atoms with Crippen molar-refractivity contribution in [2.75, 3.05) is 20.7 Å². The Morgan fingerprint density at radius 2 is 1.78 bits per heavy atom. The van der Waals surface area contributed by atoms with Crippen LogP contribution in [0.4, 0.5) is 0 Å². The van der Waals surface area contributed by atoms with Gasteiger partial charge in [0.1, 0.15) is 0 Å². The SMILES string of the molecule is CNS(=O)(=O)c1ccc(Cl)c(C(=O)NCCc2ccc(C(=O)OC)cc2)c1. The fourth-order valence-electron chi connectivity index (χ4n) is 2.30. The van der Waals surface area contributed by atoms with E-state index in [2.05, 4.69) is 14.8 Å². The average molecular weight is 411 g/mol. The minimum Gasteiger partial charge on any atom is -0.465 e. The van der Waals surface area contributed by atoms with Gasteiger partial charge < -0.3 is 10.1 Å². The molecule has 0 aliphatic rings. The first-order chi connectivity index (χ1) is 12.8. The highest BCUT2D eigenvalue weighted by molar-refractivity contribution is 7.89. The van der Waals surface area contributed by atoms with E-state index in [9.17, 15) is 18.0 Å². The first kappa shape index (κ1) is 20.9. The quantitative estimate of drug-likeness (QED) is 0.680. The molecule has 2 rings (SSSR count). The lowest BCUT2D eigenvalue weighted by atomic mass is 10.1. The molecule has 0 aliphatic carbocycles. The second kappa shape index (κ2) is 8.98. The number of esters is 1. The van der Waals surface area contributed by atoms with E-state index in [1.54, 1.807) is 24.3 Å². The Morgan fingerprint density at radius 1 is 1.11 bits per heavy atom. The van der Waals surface area contributed by atoms with Gasteiger partial charge in [-0.15, -0.1) is 0 Å². The Labute approximate surface area is 162 Å². The van der Waals surface area contributed by atoms with Crippen LogP contribution in [0, 0.1) is 0 Å². The lowest BCUT2D eigenvalue weighted by Gasteiger charge is -2.09. The number of hydrogen-bond acceptors (Lipinski definition) is 5. The maximum Gasteiger partial charge on any atom is 0.337 e. The van der Waals surface area contributed by atoms with Crippen LogP contribution in [0.25, 0.3) is 0 Å². The van der Waals surface area contributed by atoms with E-state index in [-0.39, 0.29) is 15.5 Å². The van der Waals surface area contributed by atoms with E-state index in [4.69, 9.17) is 11.6 Å². The molecular weight excluding hydrogens is 392 g/mol. The standard InChI is InChI=1S/C18H19ClN2O5S/c1-20-27(24,25)14-7-8-16(19)15(11-14)17(22)21-10-9-12-3-5-13(6-4-12)18(23)26-2/h3-8,11,20H,9-10H2,1-2H3,(H,21,22). The highest BCUT2D eigenvalue weighted by atomic mass is 35.5. The third kappa shape index (κ3) is 5.29. The van der Waals surface area contributed by atoms with Crippen molar-refractivity contribution in [1.82, 2.24) is 10.0 Å². The van der Waals surface area contributed by atoms with Crippen molar-refractivity contribution in [3.63, 3.8) is 0 Å². The molecule has 0 saturated carbocycles. The molecule has 0 unspecified atom stereocenters. The number of nitrogens with one attached hydrogen (secondary N) is 2. The van der Waals surface area contributed by atoms with Gasteiger partial charge in [-0.25, -0.2) is 17.9 Å². The molecule has 0 spiro atoms. The summed E-state index contributed by atoms with van der Waals surface area (Å²) in [6.07, 6.45) is 0.527. The fourth-order valence-corrected chi connectivity index (χ4v) is 3.26. The first-order valence-electron chi connectivity index (χ1n) is 7.97. The smallest absolute Gasteiger partial charge is 0.337 e. The molecule has 0 fully saturated rings. The van der Waals surface area contributed by atoms with Gasteiger partial charge in [0.2, 0.25) is 10.0 Å². The Balaban J connectivity index is 2.02. The highest BCUT2D eigenvalue weighted by Gasteiger charge is 2.17. The Hall–Kier alpha value is -2.42. The minimum atomic E-state index is -3.67. The molecule has 0 aromatic heterocycles. The summed E-state index contributed by atoms with van der Waals surface area (Å²) in [6, 6.07) is 10.8. The molecule has 9 heteroatoms. The van der Waals surface area contributed by atoms with Gasteiger partial charge >= 0.3 is 5.97 Å². The number of methoxy groups -OCH3 is 1. The van der Waals surface area contributed by atoms with Crippen molar-refractivity contribution in [2.45, 2.75) is 11.3 Å². The van der Waals surface area contributed by atoms with Gasteiger partial charge in [-0.2, -0.15) is 0 Å². The number of halogens is 1. The second-order valence-electron chi connectivity index (χ2n) is 5.54. The van der Waals surface area contributed by atoms with Crippen LogP contribution in [0.15, 0.2) is 47.4 Å². The Kier molecular flexibility index (Phi) is 6.95. The monoisotopic (exact) mass is 410 g/mol. The third-order valence-electron chi connectivity index (χ3n) is 3.84.